The molecular weight excluding hydrogens is 289 g/mol. The van der Waals surface area contributed by atoms with Gasteiger partial charge in [-0.2, -0.15) is 9.90 Å². The van der Waals surface area contributed by atoms with E-state index >= 15 is 0 Å². The van der Waals surface area contributed by atoms with Gasteiger partial charge in [-0.1, -0.05) is 6.92 Å². The number of carbonyl (C=O) groups is 2. The second-order valence-corrected chi connectivity index (χ2v) is 6.73. The van der Waals surface area contributed by atoms with E-state index in [0.29, 0.717) is 6.61 Å². The molecule has 4 atom stereocenters. The predicted molar refractivity (Wildman–Crippen MR) is 85.3 cm³/mol. The number of nitrogens with zero attached hydrogens (tertiary/aromatic N) is 1. The molecule has 0 spiro atoms. The molecule has 5 nitrogen and oxygen atoms in total. The molecule has 0 aromatic heterocycles. The van der Waals surface area contributed by atoms with E-state index in [-0.39, 0.29) is 33.9 Å². The molecule has 1 aliphatic carbocycles. The van der Waals surface area contributed by atoms with Gasteiger partial charge in [0.25, 0.3) is 0 Å². The SMILES string of the molecule is CCCOC(=O)C1C2CCC(C2)N1C(=O)OC(C)(C)C.P. The Hall–Kier alpha value is -0.830. The van der Waals surface area contributed by atoms with Crippen molar-refractivity contribution < 1.29 is 19.1 Å². The lowest BCUT2D eigenvalue weighted by Crippen LogP contribution is -2.51. The number of hydrogen-bond donors (Lipinski definition) is 0. The Balaban J connectivity index is 0.00000220. The van der Waals surface area contributed by atoms with E-state index in [9.17, 15) is 9.59 Å². The molecule has 0 aromatic carbocycles. The van der Waals surface area contributed by atoms with Crippen molar-refractivity contribution >= 4 is 22.0 Å². The summed E-state index contributed by atoms with van der Waals surface area (Å²) < 4.78 is 10.7. The molecular formula is C15H28NO4P. The minimum atomic E-state index is -0.545. The van der Waals surface area contributed by atoms with E-state index in [1.807, 2.05) is 27.7 Å². The number of ether oxygens (including phenoxy) is 2. The van der Waals surface area contributed by atoms with Gasteiger partial charge in [-0.05, 0) is 52.4 Å². The Kier molecular flexibility index (Phi) is 6.03. The summed E-state index contributed by atoms with van der Waals surface area (Å²) in [6, 6.07) is -0.316. The largest absolute Gasteiger partial charge is 0.464 e. The van der Waals surface area contributed by atoms with Crippen molar-refractivity contribution in [2.75, 3.05) is 6.61 Å². The normalized spacial score (nSPS) is 27.2. The van der Waals surface area contributed by atoms with Crippen LogP contribution in [0, 0.1) is 5.92 Å². The number of rotatable bonds is 3. The van der Waals surface area contributed by atoms with Gasteiger partial charge >= 0.3 is 12.1 Å². The van der Waals surface area contributed by atoms with Gasteiger partial charge in [-0.15, -0.1) is 0 Å². The third kappa shape index (κ3) is 4.09. The van der Waals surface area contributed by atoms with E-state index < -0.39 is 11.6 Å². The van der Waals surface area contributed by atoms with Gasteiger partial charge < -0.3 is 9.47 Å². The van der Waals surface area contributed by atoms with E-state index in [1.165, 1.54) is 0 Å². The number of esters is 1. The highest BCUT2D eigenvalue weighted by Gasteiger charge is 2.53. The van der Waals surface area contributed by atoms with Crippen LogP contribution in [0.3, 0.4) is 0 Å². The van der Waals surface area contributed by atoms with Crippen molar-refractivity contribution in [2.24, 2.45) is 5.92 Å². The van der Waals surface area contributed by atoms with Crippen LogP contribution in [0.4, 0.5) is 4.79 Å². The third-order valence-electron chi connectivity index (χ3n) is 3.88. The highest BCUT2D eigenvalue weighted by Crippen LogP contribution is 2.43. The monoisotopic (exact) mass is 317 g/mol. The molecule has 0 N–H and O–H groups in total. The second-order valence-electron chi connectivity index (χ2n) is 6.73. The molecule has 21 heavy (non-hydrogen) atoms. The molecule has 2 fully saturated rings. The van der Waals surface area contributed by atoms with Gasteiger partial charge in [0.15, 0.2) is 0 Å². The highest BCUT2D eigenvalue weighted by molar-refractivity contribution is 6.92. The maximum atomic E-state index is 12.3. The maximum absolute atomic E-state index is 12.3. The van der Waals surface area contributed by atoms with Crippen molar-refractivity contribution in [3.8, 4) is 0 Å². The average Bonchev–Trinajstić information content (AvgIpc) is 2.93. The fraction of sp³-hybridized carbons (Fsp3) is 0.867. The standard InChI is InChI=1S/C15H25NO4.H3P/c1-5-8-19-13(17)12-10-6-7-11(9-10)16(12)14(18)20-15(2,3)4;/h10-12H,5-9H2,1-4H3;1H3. The first-order valence-electron chi connectivity index (χ1n) is 7.51. The molecule has 4 unspecified atom stereocenters. The predicted octanol–water partition coefficient (Wildman–Crippen LogP) is 2.79. The van der Waals surface area contributed by atoms with E-state index in [1.54, 1.807) is 4.90 Å². The van der Waals surface area contributed by atoms with Crippen molar-refractivity contribution in [1.82, 2.24) is 4.90 Å². The van der Waals surface area contributed by atoms with Gasteiger partial charge in [0.1, 0.15) is 11.6 Å². The third-order valence-corrected chi connectivity index (χ3v) is 3.88. The second kappa shape index (κ2) is 6.95. The smallest absolute Gasteiger partial charge is 0.411 e. The topological polar surface area (TPSA) is 55.8 Å². The zero-order chi connectivity index (χ0) is 14.9. The van der Waals surface area contributed by atoms with Crippen molar-refractivity contribution in [1.29, 1.82) is 0 Å². The first-order valence-corrected chi connectivity index (χ1v) is 7.51. The molecule has 6 heteroatoms. The first kappa shape index (κ1) is 18.2. The molecule has 2 bridgehead atoms. The number of amides is 1. The summed E-state index contributed by atoms with van der Waals surface area (Å²) in [5, 5.41) is 0. The van der Waals surface area contributed by atoms with Gasteiger partial charge in [0.05, 0.1) is 6.61 Å². The van der Waals surface area contributed by atoms with Gasteiger partial charge in [0, 0.05) is 6.04 Å². The van der Waals surface area contributed by atoms with Crippen LogP contribution in [-0.4, -0.2) is 41.3 Å². The van der Waals surface area contributed by atoms with Crippen LogP contribution < -0.4 is 0 Å². The summed E-state index contributed by atoms with van der Waals surface area (Å²) in [4.78, 5) is 26.2. The Morgan fingerprint density at radius 1 is 1.24 bits per heavy atom. The van der Waals surface area contributed by atoms with Crippen LogP contribution in [0.25, 0.3) is 0 Å². The van der Waals surface area contributed by atoms with E-state index in [0.717, 1.165) is 25.7 Å². The molecule has 1 saturated carbocycles. The van der Waals surface area contributed by atoms with Gasteiger partial charge in [-0.3, -0.25) is 4.90 Å². The maximum Gasteiger partial charge on any atom is 0.411 e. The van der Waals surface area contributed by atoms with Crippen LogP contribution in [0.15, 0.2) is 0 Å². The average molecular weight is 317 g/mol. The molecule has 122 valence electrons. The van der Waals surface area contributed by atoms with Crippen LogP contribution in [0.2, 0.25) is 0 Å². The van der Waals surface area contributed by atoms with Gasteiger partial charge in [-0.25, -0.2) is 9.59 Å². The quantitative estimate of drug-likeness (QED) is 0.593. The molecule has 1 amide bonds. The molecule has 0 aromatic rings. The number of likely N-dealkylation sites (tertiary alicyclic amines) is 1. The lowest BCUT2D eigenvalue weighted by molar-refractivity contribution is -0.151. The highest BCUT2D eigenvalue weighted by atomic mass is 31.0. The van der Waals surface area contributed by atoms with Gasteiger partial charge in [0.2, 0.25) is 0 Å². The fourth-order valence-corrected chi connectivity index (χ4v) is 3.16. The molecule has 1 heterocycles. The number of hydrogen-bond acceptors (Lipinski definition) is 4. The summed E-state index contributed by atoms with van der Waals surface area (Å²) in [5.41, 5.74) is -0.545. The number of fused-ring (bicyclic) bond motifs is 2. The fourth-order valence-electron chi connectivity index (χ4n) is 3.16. The number of carbonyl (C=O) groups excluding carboxylic acids is 2. The molecule has 1 saturated heterocycles. The van der Waals surface area contributed by atoms with Crippen molar-refractivity contribution in [2.45, 2.75) is 71.1 Å². The summed E-state index contributed by atoms with van der Waals surface area (Å²) in [6.45, 7) is 7.88. The lowest BCUT2D eigenvalue weighted by atomic mass is 9.99. The number of piperidine rings is 1. The summed E-state index contributed by atoms with van der Waals surface area (Å²) in [7, 11) is 0. The first-order chi connectivity index (χ1) is 9.33. The molecule has 0 radical (unpaired) electrons. The molecule has 2 aliphatic rings. The van der Waals surface area contributed by atoms with Crippen LogP contribution >= 0.6 is 9.90 Å². The molecule has 1 aliphatic heterocycles. The van der Waals surface area contributed by atoms with E-state index in [2.05, 4.69) is 0 Å². The minimum absolute atomic E-state index is 0. The van der Waals surface area contributed by atoms with Crippen LogP contribution in [-0.2, 0) is 14.3 Å². The Bertz CT molecular complexity index is 394. The summed E-state index contributed by atoms with van der Waals surface area (Å²) in [5.74, 6) is -0.0400. The minimum Gasteiger partial charge on any atom is -0.464 e. The lowest BCUT2D eigenvalue weighted by Gasteiger charge is -2.35. The van der Waals surface area contributed by atoms with Crippen molar-refractivity contribution in [3.05, 3.63) is 0 Å². The Morgan fingerprint density at radius 2 is 1.90 bits per heavy atom. The summed E-state index contributed by atoms with van der Waals surface area (Å²) >= 11 is 0. The van der Waals surface area contributed by atoms with Crippen molar-refractivity contribution in [3.63, 3.8) is 0 Å². The van der Waals surface area contributed by atoms with Crippen LogP contribution in [0.5, 0.6) is 0 Å². The zero-order valence-corrected chi connectivity index (χ0v) is 15.0. The van der Waals surface area contributed by atoms with E-state index in [4.69, 9.17) is 9.47 Å². The molecule has 2 rings (SSSR count). The summed E-state index contributed by atoms with van der Waals surface area (Å²) in [6.07, 6.45) is 3.25. The Labute approximate surface area is 130 Å². The Morgan fingerprint density at radius 3 is 2.48 bits per heavy atom. The van der Waals surface area contributed by atoms with Crippen LogP contribution in [0.1, 0.15) is 53.4 Å². The zero-order valence-electron chi connectivity index (χ0n) is 13.6.